The third-order valence-corrected chi connectivity index (χ3v) is 4.61. The van der Waals surface area contributed by atoms with Crippen LogP contribution >= 0.6 is 0 Å². The van der Waals surface area contributed by atoms with Crippen molar-refractivity contribution in [3.05, 3.63) is 65.7 Å². The Morgan fingerprint density at radius 2 is 1.75 bits per heavy atom. The Hall–Kier alpha value is -2.13. The Morgan fingerprint density at radius 1 is 1.00 bits per heavy atom. The monoisotopic (exact) mass is 322 g/mol. The highest BCUT2D eigenvalue weighted by atomic mass is 16.2. The van der Waals surface area contributed by atoms with Gasteiger partial charge in [0.15, 0.2) is 0 Å². The highest BCUT2D eigenvalue weighted by molar-refractivity contribution is 5.94. The van der Waals surface area contributed by atoms with Gasteiger partial charge in [-0.1, -0.05) is 48.9 Å². The Labute approximate surface area is 144 Å². The molecule has 1 heterocycles. The average Bonchev–Trinajstić information content (AvgIpc) is 2.61. The number of nitrogens with zero attached hydrogens (tertiary/aromatic N) is 2. The standard InChI is InChI=1S/C21H26N2O/c1-18-9-8-12-20(15-18)23(16-19-10-4-2-5-11-19)21(24)17-22-13-6-3-7-14-22/h2,4-5,8-12,15H,3,6-7,13-14,16-17H2,1H3. The smallest absolute Gasteiger partial charge is 0.241 e. The molecule has 2 aromatic rings. The zero-order chi connectivity index (χ0) is 16.8. The summed E-state index contributed by atoms with van der Waals surface area (Å²) in [5.74, 6) is 0.186. The summed E-state index contributed by atoms with van der Waals surface area (Å²) in [6.07, 6.45) is 3.70. The van der Waals surface area contributed by atoms with E-state index in [9.17, 15) is 4.79 Å². The van der Waals surface area contributed by atoms with Gasteiger partial charge in [0.25, 0.3) is 0 Å². The molecule has 2 aromatic carbocycles. The number of hydrogen-bond acceptors (Lipinski definition) is 2. The van der Waals surface area contributed by atoms with E-state index >= 15 is 0 Å². The molecule has 0 atom stereocenters. The number of carbonyl (C=O) groups is 1. The molecule has 3 rings (SSSR count). The molecule has 0 bridgehead atoms. The molecule has 3 nitrogen and oxygen atoms in total. The van der Waals surface area contributed by atoms with Crippen molar-refractivity contribution in [2.45, 2.75) is 32.7 Å². The Bertz CT molecular complexity index is 663. The normalized spacial score (nSPS) is 15.2. The molecule has 0 aliphatic carbocycles. The maximum Gasteiger partial charge on any atom is 0.241 e. The van der Waals surface area contributed by atoms with Crippen molar-refractivity contribution in [3.8, 4) is 0 Å². The van der Waals surface area contributed by atoms with E-state index in [-0.39, 0.29) is 5.91 Å². The van der Waals surface area contributed by atoms with Crippen molar-refractivity contribution >= 4 is 11.6 Å². The predicted octanol–water partition coefficient (Wildman–Crippen LogP) is 4.01. The molecule has 0 unspecified atom stereocenters. The van der Waals surface area contributed by atoms with E-state index in [1.807, 2.05) is 35.2 Å². The third-order valence-electron chi connectivity index (χ3n) is 4.61. The first-order chi connectivity index (χ1) is 11.7. The van der Waals surface area contributed by atoms with Gasteiger partial charge in [0.05, 0.1) is 13.1 Å². The molecule has 1 aliphatic heterocycles. The number of hydrogen-bond donors (Lipinski definition) is 0. The summed E-state index contributed by atoms with van der Waals surface area (Å²) in [7, 11) is 0. The molecule has 0 aromatic heterocycles. The van der Waals surface area contributed by atoms with Gasteiger partial charge in [-0.05, 0) is 56.1 Å². The van der Waals surface area contributed by atoms with Crippen LogP contribution in [0.15, 0.2) is 54.6 Å². The van der Waals surface area contributed by atoms with E-state index < -0.39 is 0 Å². The Kier molecular flexibility index (Phi) is 5.65. The number of piperidine rings is 1. The van der Waals surface area contributed by atoms with Crippen molar-refractivity contribution < 1.29 is 4.79 Å². The number of aryl methyl sites for hydroxylation is 1. The fourth-order valence-corrected chi connectivity index (χ4v) is 3.28. The number of carbonyl (C=O) groups excluding carboxylic acids is 1. The van der Waals surface area contributed by atoms with Crippen molar-refractivity contribution in [2.24, 2.45) is 0 Å². The van der Waals surface area contributed by atoms with Crippen LogP contribution in [0.2, 0.25) is 0 Å². The minimum atomic E-state index is 0.186. The van der Waals surface area contributed by atoms with Crippen LogP contribution in [-0.4, -0.2) is 30.4 Å². The summed E-state index contributed by atoms with van der Waals surface area (Å²) >= 11 is 0. The fraction of sp³-hybridized carbons (Fsp3) is 0.381. The molecular weight excluding hydrogens is 296 g/mol. The highest BCUT2D eigenvalue weighted by Crippen LogP contribution is 2.20. The second-order valence-corrected chi connectivity index (χ2v) is 6.64. The van der Waals surface area contributed by atoms with Crippen LogP contribution < -0.4 is 4.90 Å². The number of anilines is 1. The third kappa shape index (κ3) is 4.45. The van der Waals surface area contributed by atoms with Gasteiger partial charge in [-0.25, -0.2) is 0 Å². The maximum atomic E-state index is 13.0. The van der Waals surface area contributed by atoms with Crippen molar-refractivity contribution in [3.63, 3.8) is 0 Å². The van der Waals surface area contributed by atoms with Crippen LogP contribution in [0.5, 0.6) is 0 Å². The lowest BCUT2D eigenvalue weighted by molar-refractivity contribution is -0.120. The largest absolute Gasteiger partial charge is 0.307 e. The van der Waals surface area contributed by atoms with Gasteiger partial charge in [-0.15, -0.1) is 0 Å². The van der Waals surface area contributed by atoms with Crippen LogP contribution in [-0.2, 0) is 11.3 Å². The zero-order valence-electron chi connectivity index (χ0n) is 14.4. The molecule has 1 amide bonds. The first-order valence-electron chi connectivity index (χ1n) is 8.86. The van der Waals surface area contributed by atoms with Gasteiger partial charge < -0.3 is 4.90 Å². The lowest BCUT2D eigenvalue weighted by atomic mass is 10.1. The average molecular weight is 322 g/mol. The molecule has 126 valence electrons. The number of likely N-dealkylation sites (tertiary alicyclic amines) is 1. The van der Waals surface area contributed by atoms with Gasteiger partial charge >= 0.3 is 0 Å². The first-order valence-corrected chi connectivity index (χ1v) is 8.86. The second-order valence-electron chi connectivity index (χ2n) is 6.64. The molecule has 0 saturated carbocycles. The molecule has 0 N–H and O–H groups in total. The predicted molar refractivity (Wildman–Crippen MR) is 99.1 cm³/mol. The van der Waals surface area contributed by atoms with Crippen LogP contribution in [0.1, 0.15) is 30.4 Å². The molecule has 1 saturated heterocycles. The SMILES string of the molecule is Cc1cccc(N(Cc2ccccc2)C(=O)CN2CCCCC2)c1. The zero-order valence-corrected chi connectivity index (χ0v) is 14.4. The molecule has 1 fully saturated rings. The van der Waals surface area contributed by atoms with E-state index in [1.165, 1.54) is 24.8 Å². The maximum absolute atomic E-state index is 13.0. The van der Waals surface area contributed by atoms with Crippen LogP contribution in [0, 0.1) is 6.92 Å². The van der Waals surface area contributed by atoms with E-state index in [0.29, 0.717) is 13.1 Å². The summed E-state index contributed by atoms with van der Waals surface area (Å²) < 4.78 is 0. The minimum Gasteiger partial charge on any atom is -0.307 e. The first kappa shape index (κ1) is 16.7. The van der Waals surface area contributed by atoms with E-state index in [0.717, 1.165) is 24.3 Å². The Balaban J connectivity index is 1.79. The van der Waals surface area contributed by atoms with Gasteiger partial charge in [0.2, 0.25) is 5.91 Å². The molecule has 3 heteroatoms. The van der Waals surface area contributed by atoms with Gasteiger partial charge in [0.1, 0.15) is 0 Å². The lowest BCUT2D eigenvalue weighted by Crippen LogP contribution is -2.42. The topological polar surface area (TPSA) is 23.6 Å². The molecule has 0 spiro atoms. The van der Waals surface area contributed by atoms with Crippen molar-refractivity contribution in [1.82, 2.24) is 4.90 Å². The second kappa shape index (κ2) is 8.11. The number of amides is 1. The van der Waals surface area contributed by atoms with Gasteiger partial charge in [-0.3, -0.25) is 9.69 Å². The van der Waals surface area contributed by atoms with E-state index in [1.54, 1.807) is 0 Å². The molecule has 1 aliphatic rings. The van der Waals surface area contributed by atoms with Crippen LogP contribution in [0.25, 0.3) is 0 Å². The summed E-state index contributed by atoms with van der Waals surface area (Å²) in [6.45, 7) is 5.29. The Morgan fingerprint density at radius 3 is 2.46 bits per heavy atom. The fourth-order valence-electron chi connectivity index (χ4n) is 3.28. The molecule has 24 heavy (non-hydrogen) atoms. The van der Waals surface area contributed by atoms with Gasteiger partial charge in [0, 0.05) is 5.69 Å². The highest BCUT2D eigenvalue weighted by Gasteiger charge is 2.20. The van der Waals surface area contributed by atoms with E-state index in [2.05, 4.69) is 36.1 Å². The number of benzene rings is 2. The summed E-state index contributed by atoms with van der Waals surface area (Å²) in [5.41, 5.74) is 3.32. The van der Waals surface area contributed by atoms with E-state index in [4.69, 9.17) is 0 Å². The lowest BCUT2D eigenvalue weighted by Gasteiger charge is -2.30. The molecule has 0 radical (unpaired) electrons. The van der Waals surface area contributed by atoms with Crippen LogP contribution in [0.4, 0.5) is 5.69 Å². The van der Waals surface area contributed by atoms with Crippen molar-refractivity contribution in [1.29, 1.82) is 0 Å². The van der Waals surface area contributed by atoms with Crippen molar-refractivity contribution in [2.75, 3.05) is 24.5 Å². The minimum absolute atomic E-state index is 0.186. The molecular formula is C21H26N2O. The summed E-state index contributed by atoms with van der Waals surface area (Å²) in [4.78, 5) is 17.2. The quantitative estimate of drug-likeness (QED) is 0.830. The summed E-state index contributed by atoms with van der Waals surface area (Å²) in [5, 5.41) is 0. The number of rotatable bonds is 5. The van der Waals surface area contributed by atoms with Gasteiger partial charge in [-0.2, -0.15) is 0 Å². The van der Waals surface area contributed by atoms with Crippen LogP contribution in [0.3, 0.4) is 0 Å². The summed E-state index contributed by atoms with van der Waals surface area (Å²) in [6, 6.07) is 18.4.